The number of carbonyl (C=O) groups excluding carboxylic acids is 1. The molecule has 0 aliphatic heterocycles. The highest BCUT2D eigenvalue weighted by Crippen LogP contribution is 2.35. The van der Waals surface area contributed by atoms with Gasteiger partial charge in [-0.2, -0.15) is 0 Å². The third-order valence-electron chi connectivity index (χ3n) is 4.55. The molecule has 5 heteroatoms. The molecule has 1 aromatic carbocycles. The van der Waals surface area contributed by atoms with Gasteiger partial charge in [-0.1, -0.05) is 24.3 Å². The Balaban J connectivity index is 2.17. The Hall–Kier alpha value is -2.14. The van der Waals surface area contributed by atoms with Crippen LogP contribution in [0.2, 0.25) is 0 Å². The van der Waals surface area contributed by atoms with Gasteiger partial charge in [0.1, 0.15) is 0 Å². The first kappa shape index (κ1) is 18.2. The van der Waals surface area contributed by atoms with E-state index in [2.05, 4.69) is 6.58 Å². The Morgan fingerprint density at radius 3 is 2.46 bits per heavy atom. The van der Waals surface area contributed by atoms with Crippen LogP contribution in [0.3, 0.4) is 0 Å². The number of benzene rings is 1. The van der Waals surface area contributed by atoms with Crippen molar-refractivity contribution in [2.45, 2.75) is 38.2 Å². The number of aliphatic carboxylic acids is 1. The zero-order valence-electron chi connectivity index (χ0n) is 13.8. The number of hydrogen-bond donors (Lipinski definition) is 2. The van der Waals surface area contributed by atoms with E-state index < -0.39 is 23.9 Å². The Labute approximate surface area is 142 Å². The molecule has 0 heterocycles. The van der Waals surface area contributed by atoms with Crippen LogP contribution >= 0.6 is 0 Å². The van der Waals surface area contributed by atoms with Gasteiger partial charge in [0.05, 0.1) is 17.9 Å². The zero-order valence-corrected chi connectivity index (χ0v) is 13.8. The van der Waals surface area contributed by atoms with Crippen LogP contribution < -0.4 is 4.90 Å². The number of unbranched alkanes of at least 4 members (excludes halogenated alkanes) is 2. The van der Waals surface area contributed by atoms with Gasteiger partial charge in [-0.15, -0.1) is 6.58 Å². The second-order valence-electron chi connectivity index (χ2n) is 6.29. The van der Waals surface area contributed by atoms with Crippen LogP contribution in [0.4, 0.5) is 5.69 Å². The second kappa shape index (κ2) is 8.64. The molecule has 1 amide bonds. The molecule has 0 saturated heterocycles. The molecule has 3 atom stereocenters. The van der Waals surface area contributed by atoms with Crippen molar-refractivity contribution in [1.29, 1.82) is 0 Å². The minimum Gasteiger partial charge on any atom is -0.481 e. The highest BCUT2D eigenvalue weighted by atomic mass is 16.4. The fourth-order valence-corrected chi connectivity index (χ4v) is 3.29. The molecule has 0 bridgehead atoms. The quantitative estimate of drug-likeness (QED) is 0.567. The Morgan fingerprint density at radius 1 is 1.17 bits per heavy atom. The number of allylic oxidation sites excluding steroid dienone is 1. The largest absolute Gasteiger partial charge is 0.481 e. The summed E-state index contributed by atoms with van der Waals surface area (Å²) in [7, 11) is 0. The summed E-state index contributed by atoms with van der Waals surface area (Å²) < 4.78 is 0. The number of rotatable bonds is 8. The summed E-state index contributed by atoms with van der Waals surface area (Å²) >= 11 is 0. The first-order chi connectivity index (χ1) is 11.5. The summed E-state index contributed by atoms with van der Waals surface area (Å²) in [6.45, 7) is 4.24. The number of carbonyl (C=O) groups is 2. The van der Waals surface area contributed by atoms with Gasteiger partial charge < -0.3 is 15.1 Å². The summed E-state index contributed by atoms with van der Waals surface area (Å²) in [5.74, 6) is -2.70. The maximum atomic E-state index is 13.0. The third-order valence-corrected chi connectivity index (χ3v) is 4.55. The predicted octanol–water partition coefficient (Wildman–Crippen LogP) is 2.85. The van der Waals surface area contributed by atoms with Gasteiger partial charge >= 0.3 is 5.97 Å². The lowest BCUT2D eigenvalue weighted by molar-refractivity contribution is -0.145. The molecule has 2 N–H and O–H groups in total. The van der Waals surface area contributed by atoms with Crippen molar-refractivity contribution in [3.8, 4) is 0 Å². The van der Waals surface area contributed by atoms with E-state index in [9.17, 15) is 19.8 Å². The summed E-state index contributed by atoms with van der Waals surface area (Å²) in [6.07, 6.45) is 4.11. The van der Waals surface area contributed by atoms with E-state index in [1.54, 1.807) is 4.90 Å². The Bertz CT molecular complexity index is 572. The molecular weight excluding hydrogens is 306 g/mol. The molecule has 5 nitrogen and oxygen atoms in total. The van der Waals surface area contributed by atoms with E-state index in [4.69, 9.17) is 0 Å². The SMILES string of the molecule is C=CCCCCN(C(=O)C1CC(O)CC1C(=O)O)c1ccccc1. The van der Waals surface area contributed by atoms with Crippen LogP contribution in [-0.2, 0) is 9.59 Å². The molecule has 0 radical (unpaired) electrons. The van der Waals surface area contributed by atoms with Crippen LogP contribution in [0.25, 0.3) is 0 Å². The second-order valence-corrected chi connectivity index (χ2v) is 6.29. The molecule has 24 heavy (non-hydrogen) atoms. The maximum absolute atomic E-state index is 13.0. The number of para-hydroxylation sites is 1. The molecule has 0 spiro atoms. The lowest BCUT2D eigenvalue weighted by atomic mass is 9.94. The van der Waals surface area contributed by atoms with Crippen molar-refractivity contribution >= 4 is 17.6 Å². The van der Waals surface area contributed by atoms with E-state index in [-0.39, 0.29) is 18.7 Å². The average Bonchev–Trinajstić information content (AvgIpc) is 2.97. The molecule has 1 aliphatic carbocycles. The number of anilines is 1. The Kier molecular flexibility index (Phi) is 6.55. The Morgan fingerprint density at radius 2 is 1.83 bits per heavy atom. The molecule has 1 aliphatic rings. The van der Waals surface area contributed by atoms with Crippen molar-refractivity contribution in [2.24, 2.45) is 11.8 Å². The van der Waals surface area contributed by atoms with Gasteiger partial charge in [0.25, 0.3) is 0 Å². The molecule has 1 saturated carbocycles. The van der Waals surface area contributed by atoms with Crippen LogP contribution in [0.15, 0.2) is 43.0 Å². The lowest BCUT2D eigenvalue weighted by Gasteiger charge is -2.27. The van der Waals surface area contributed by atoms with Crippen molar-refractivity contribution in [3.05, 3.63) is 43.0 Å². The van der Waals surface area contributed by atoms with Crippen molar-refractivity contribution in [1.82, 2.24) is 0 Å². The normalized spacial score (nSPS) is 23.0. The van der Waals surface area contributed by atoms with Crippen LogP contribution in [0, 0.1) is 11.8 Å². The monoisotopic (exact) mass is 331 g/mol. The summed E-state index contributed by atoms with van der Waals surface area (Å²) in [5.41, 5.74) is 0.770. The number of aliphatic hydroxyl groups is 1. The molecule has 2 rings (SSSR count). The summed E-state index contributed by atoms with van der Waals surface area (Å²) in [6, 6.07) is 9.30. The molecule has 1 aromatic rings. The van der Waals surface area contributed by atoms with Gasteiger partial charge in [-0.05, 0) is 44.2 Å². The average molecular weight is 331 g/mol. The summed E-state index contributed by atoms with van der Waals surface area (Å²) in [4.78, 5) is 26.1. The standard InChI is InChI=1S/C19H25NO4/c1-2-3-4-8-11-20(14-9-6-5-7-10-14)18(22)16-12-15(21)13-17(16)19(23)24/h2,5-7,9-10,15-17,21H,1,3-4,8,11-13H2,(H,23,24). The molecule has 130 valence electrons. The topological polar surface area (TPSA) is 77.8 Å². The van der Waals surface area contributed by atoms with E-state index in [0.717, 1.165) is 24.9 Å². The molecular formula is C19H25NO4. The fraction of sp³-hybridized carbons (Fsp3) is 0.474. The van der Waals surface area contributed by atoms with Gasteiger partial charge in [0.15, 0.2) is 0 Å². The van der Waals surface area contributed by atoms with Gasteiger partial charge in [-0.3, -0.25) is 9.59 Å². The highest BCUT2D eigenvalue weighted by molar-refractivity contribution is 5.97. The van der Waals surface area contributed by atoms with E-state index in [0.29, 0.717) is 6.54 Å². The highest BCUT2D eigenvalue weighted by Gasteiger charge is 2.43. The number of carboxylic acid groups (broad SMARTS) is 1. The lowest BCUT2D eigenvalue weighted by Crippen LogP contribution is -2.40. The van der Waals surface area contributed by atoms with E-state index in [1.807, 2.05) is 36.4 Å². The first-order valence-electron chi connectivity index (χ1n) is 8.42. The van der Waals surface area contributed by atoms with Crippen LogP contribution in [0.1, 0.15) is 32.1 Å². The zero-order chi connectivity index (χ0) is 17.5. The number of carboxylic acids is 1. The van der Waals surface area contributed by atoms with E-state index >= 15 is 0 Å². The van der Waals surface area contributed by atoms with Crippen molar-refractivity contribution < 1.29 is 19.8 Å². The summed E-state index contributed by atoms with van der Waals surface area (Å²) in [5, 5.41) is 19.2. The number of hydrogen-bond acceptors (Lipinski definition) is 3. The fourth-order valence-electron chi connectivity index (χ4n) is 3.29. The number of aliphatic hydroxyl groups excluding tert-OH is 1. The van der Waals surface area contributed by atoms with Crippen molar-refractivity contribution in [3.63, 3.8) is 0 Å². The number of nitrogens with zero attached hydrogens (tertiary/aromatic N) is 1. The first-order valence-corrected chi connectivity index (χ1v) is 8.42. The minimum absolute atomic E-state index is 0.144. The number of amides is 1. The van der Waals surface area contributed by atoms with Gasteiger partial charge in [0.2, 0.25) is 5.91 Å². The minimum atomic E-state index is -1.01. The van der Waals surface area contributed by atoms with Gasteiger partial charge in [0, 0.05) is 12.2 Å². The van der Waals surface area contributed by atoms with Crippen molar-refractivity contribution in [2.75, 3.05) is 11.4 Å². The molecule has 3 unspecified atom stereocenters. The predicted molar refractivity (Wildman–Crippen MR) is 92.7 cm³/mol. The van der Waals surface area contributed by atoms with Crippen LogP contribution in [-0.4, -0.2) is 34.7 Å². The van der Waals surface area contributed by atoms with Gasteiger partial charge in [-0.25, -0.2) is 0 Å². The third kappa shape index (κ3) is 4.45. The molecule has 1 fully saturated rings. The molecule has 0 aromatic heterocycles. The van der Waals surface area contributed by atoms with Crippen LogP contribution in [0.5, 0.6) is 0 Å². The smallest absolute Gasteiger partial charge is 0.307 e. The van der Waals surface area contributed by atoms with E-state index in [1.165, 1.54) is 0 Å². The maximum Gasteiger partial charge on any atom is 0.307 e.